The van der Waals surface area contributed by atoms with Crippen LogP contribution in [0, 0.1) is 5.82 Å². The fraction of sp³-hybridized carbons (Fsp3) is 0.500. The second-order valence-corrected chi connectivity index (χ2v) is 3.86. The molecule has 15 heavy (non-hydrogen) atoms. The molecule has 1 fully saturated rings. The van der Waals surface area contributed by atoms with Gasteiger partial charge in [-0.3, -0.25) is 0 Å². The molecule has 1 N–H and O–H groups in total. The Labute approximate surface area is 89.4 Å². The highest BCUT2D eigenvalue weighted by Gasteiger charge is 2.13. The zero-order valence-corrected chi connectivity index (χ0v) is 8.71. The van der Waals surface area contributed by atoms with Gasteiger partial charge in [-0.2, -0.15) is 0 Å². The van der Waals surface area contributed by atoms with Crippen LogP contribution in [0.15, 0.2) is 24.3 Å². The summed E-state index contributed by atoms with van der Waals surface area (Å²) in [5.41, 5.74) is 1.13. The van der Waals surface area contributed by atoms with Gasteiger partial charge in [0.15, 0.2) is 0 Å². The van der Waals surface area contributed by atoms with E-state index in [0.717, 1.165) is 38.1 Å². The predicted molar refractivity (Wildman–Crippen MR) is 57.3 cm³/mol. The molecule has 0 spiro atoms. The van der Waals surface area contributed by atoms with Gasteiger partial charge in [0.05, 0.1) is 12.7 Å². The molecule has 1 saturated heterocycles. The lowest BCUT2D eigenvalue weighted by atomic mass is 10.1. The summed E-state index contributed by atoms with van der Waals surface area (Å²) in [5, 5.41) is 3.25. The van der Waals surface area contributed by atoms with Crippen LogP contribution < -0.4 is 5.32 Å². The van der Waals surface area contributed by atoms with E-state index in [1.165, 1.54) is 12.1 Å². The number of hydrogen-bond acceptors (Lipinski definition) is 2. The third kappa shape index (κ3) is 3.29. The van der Waals surface area contributed by atoms with E-state index in [2.05, 4.69) is 5.32 Å². The van der Waals surface area contributed by atoms with Crippen LogP contribution in [0.4, 0.5) is 4.39 Å². The van der Waals surface area contributed by atoms with Crippen LogP contribution in [0.3, 0.4) is 0 Å². The first kappa shape index (κ1) is 10.6. The Hall–Kier alpha value is -0.930. The summed E-state index contributed by atoms with van der Waals surface area (Å²) < 4.78 is 18.3. The van der Waals surface area contributed by atoms with Crippen LogP contribution in [0.5, 0.6) is 0 Å². The summed E-state index contributed by atoms with van der Waals surface area (Å²) in [6.07, 6.45) is 2.32. The van der Waals surface area contributed by atoms with Crippen LogP contribution in [-0.2, 0) is 11.2 Å². The summed E-state index contributed by atoms with van der Waals surface area (Å²) in [6.45, 7) is 2.74. The molecule has 1 aliphatic heterocycles. The molecule has 1 aliphatic rings. The largest absolute Gasteiger partial charge is 0.377 e. The monoisotopic (exact) mass is 209 g/mol. The van der Waals surface area contributed by atoms with Crippen molar-refractivity contribution < 1.29 is 9.13 Å². The van der Waals surface area contributed by atoms with E-state index in [-0.39, 0.29) is 5.82 Å². The smallest absolute Gasteiger partial charge is 0.123 e. The average Bonchev–Trinajstić information content (AvgIpc) is 2.74. The molecular weight excluding hydrogens is 193 g/mol. The lowest BCUT2D eigenvalue weighted by Crippen LogP contribution is -2.17. The molecule has 1 aromatic rings. The molecule has 2 nitrogen and oxygen atoms in total. The normalized spacial score (nSPS) is 20.7. The molecule has 1 atom stereocenters. The molecule has 1 unspecified atom stereocenters. The lowest BCUT2D eigenvalue weighted by molar-refractivity contribution is 0.0694. The summed E-state index contributed by atoms with van der Waals surface area (Å²) in [6, 6.07) is 6.61. The van der Waals surface area contributed by atoms with E-state index in [0.29, 0.717) is 6.10 Å². The minimum atomic E-state index is -0.181. The van der Waals surface area contributed by atoms with Gasteiger partial charge in [0, 0.05) is 6.54 Å². The van der Waals surface area contributed by atoms with Crippen LogP contribution in [0.25, 0.3) is 0 Å². The maximum atomic E-state index is 12.6. The minimum Gasteiger partial charge on any atom is -0.377 e. The Morgan fingerprint density at radius 2 is 2.13 bits per heavy atom. The second-order valence-electron chi connectivity index (χ2n) is 3.86. The highest BCUT2D eigenvalue weighted by molar-refractivity contribution is 5.16. The fourth-order valence-corrected chi connectivity index (χ4v) is 1.76. The Balaban J connectivity index is 1.71. The van der Waals surface area contributed by atoms with Crippen molar-refractivity contribution in [1.29, 1.82) is 0 Å². The van der Waals surface area contributed by atoms with E-state index >= 15 is 0 Å². The van der Waals surface area contributed by atoms with Crippen LogP contribution in [0.2, 0.25) is 0 Å². The van der Waals surface area contributed by atoms with Crippen LogP contribution in [-0.4, -0.2) is 25.8 Å². The van der Waals surface area contributed by atoms with Gasteiger partial charge in [-0.15, -0.1) is 0 Å². The quantitative estimate of drug-likeness (QED) is 0.815. The van der Waals surface area contributed by atoms with E-state index in [1.807, 2.05) is 12.1 Å². The zero-order valence-electron chi connectivity index (χ0n) is 8.71. The molecule has 82 valence electrons. The van der Waals surface area contributed by atoms with E-state index in [1.54, 1.807) is 0 Å². The van der Waals surface area contributed by atoms with Crippen molar-refractivity contribution in [2.24, 2.45) is 0 Å². The molecule has 0 radical (unpaired) electrons. The molecule has 0 bridgehead atoms. The van der Waals surface area contributed by atoms with E-state index < -0.39 is 0 Å². The summed E-state index contributed by atoms with van der Waals surface area (Å²) >= 11 is 0. The van der Waals surface area contributed by atoms with Gasteiger partial charge in [0.25, 0.3) is 0 Å². The number of nitrogens with one attached hydrogen (secondary N) is 1. The fourth-order valence-electron chi connectivity index (χ4n) is 1.76. The van der Waals surface area contributed by atoms with Crippen molar-refractivity contribution in [1.82, 2.24) is 5.32 Å². The Kier molecular flexibility index (Phi) is 3.69. The highest BCUT2D eigenvalue weighted by Crippen LogP contribution is 2.06. The van der Waals surface area contributed by atoms with Crippen molar-refractivity contribution in [3.05, 3.63) is 35.6 Å². The van der Waals surface area contributed by atoms with Crippen molar-refractivity contribution >= 4 is 0 Å². The average molecular weight is 209 g/mol. The topological polar surface area (TPSA) is 21.3 Å². The summed E-state index contributed by atoms with van der Waals surface area (Å²) in [4.78, 5) is 0. The SMILES string of the molecule is Fc1ccc(CCOC2CCNC2)cc1. The van der Waals surface area contributed by atoms with Crippen LogP contribution in [0.1, 0.15) is 12.0 Å². The van der Waals surface area contributed by atoms with Crippen LogP contribution >= 0.6 is 0 Å². The first-order valence-corrected chi connectivity index (χ1v) is 5.41. The van der Waals surface area contributed by atoms with Gasteiger partial charge >= 0.3 is 0 Å². The van der Waals surface area contributed by atoms with Crippen molar-refractivity contribution in [2.75, 3.05) is 19.7 Å². The molecule has 3 heteroatoms. The maximum Gasteiger partial charge on any atom is 0.123 e. The lowest BCUT2D eigenvalue weighted by Gasteiger charge is -2.09. The zero-order chi connectivity index (χ0) is 10.5. The van der Waals surface area contributed by atoms with E-state index in [4.69, 9.17) is 4.74 Å². The third-order valence-electron chi connectivity index (χ3n) is 2.67. The Bertz CT molecular complexity index is 293. The number of rotatable bonds is 4. The number of hydrogen-bond donors (Lipinski definition) is 1. The minimum absolute atomic E-state index is 0.181. The molecule has 0 aliphatic carbocycles. The molecule has 1 aromatic carbocycles. The van der Waals surface area contributed by atoms with Gasteiger partial charge in [-0.1, -0.05) is 12.1 Å². The van der Waals surface area contributed by atoms with E-state index in [9.17, 15) is 4.39 Å². The Morgan fingerprint density at radius 1 is 1.33 bits per heavy atom. The predicted octanol–water partition coefficient (Wildman–Crippen LogP) is 1.75. The first-order valence-electron chi connectivity index (χ1n) is 5.41. The number of halogens is 1. The van der Waals surface area contributed by atoms with Crippen molar-refractivity contribution in [3.8, 4) is 0 Å². The number of benzene rings is 1. The summed E-state index contributed by atoms with van der Waals surface area (Å²) in [7, 11) is 0. The summed E-state index contributed by atoms with van der Waals surface area (Å²) in [5.74, 6) is -0.181. The molecule has 2 rings (SSSR count). The molecule has 0 amide bonds. The first-order chi connectivity index (χ1) is 7.34. The second kappa shape index (κ2) is 5.24. The van der Waals surface area contributed by atoms with Gasteiger partial charge in [0.1, 0.15) is 5.82 Å². The van der Waals surface area contributed by atoms with Crippen molar-refractivity contribution in [3.63, 3.8) is 0 Å². The molecule has 1 heterocycles. The molecule has 0 saturated carbocycles. The van der Waals surface area contributed by atoms with Gasteiger partial charge in [-0.05, 0) is 37.1 Å². The molecule has 0 aromatic heterocycles. The van der Waals surface area contributed by atoms with Gasteiger partial charge < -0.3 is 10.1 Å². The Morgan fingerprint density at radius 3 is 2.80 bits per heavy atom. The third-order valence-corrected chi connectivity index (χ3v) is 2.67. The maximum absolute atomic E-state index is 12.6. The van der Waals surface area contributed by atoms with Gasteiger partial charge in [0.2, 0.25) is 0 Å². The standard InChI is InChI=1S/C12H16FNO/c13-11-3-1-10(2-4-11)6-8-15-12-5-7-14-9-12/h1-4,12,14H,5-9H2. The number of ether oxygens (including phenoxy) is 1. The molecular formula is C12H16FNO. The van der Waals surface area contributed by atoms with Crippen molar-refractivity contribution in [2.45, 2.75) is 18.9 Å². The highest BCUT2D eigenvalue weighted by atomic mass is 19.1. The van der Waals surface area contributed by atoms with Gasteiger partial charge in [-0.25, -0.2) is 4.39 Å².